The van der Waals surface area contributed by atoms with Crippen molar-refractivity contribution in [3.05, 3.63) is 129 Å². The number of esters is 2. The van der Waals surface area contributed by atoms with Gasteiger partial charge in [0.2, 0.25) is 0 Å². The standard InChI is InChI=1S/2C24H30O2/c2*1-5-8-17-9-6-7-10-22(17)20-12-11-19-16-21(14-13-18(19)15-20)26-23(25)24(2,3)4/h2*6-7,9-10,13-14,16,20H,5,8,11-12,15H2,1-4H3/t2*20-/m10/s1. The quantitative estimate of drug-likeness (QED) is 0.136. The van der Waals surface area contributed by atoms with Crippen LogP contribution < -0.4 is 9.47 Å². The third kappa shape index (κ3) is 10.0. The molecule has 4 aromatic rings. The molecular weight excluding hydrogens is 641 g/mol. The molecule has 0 saturated heterocycles. The Kier molecular flexibility index (Phi) is 12.8. The van der Waals surface area contributed by atoms with E-state index in [-0.39, 0.29) is 11.9 Å². The number of fused-ring (bicyclic) bond motifs is 2. The Labute approximate surface area is 313 Å². The zero-order chi connectivity index (χ0) is 37.5. The number of carbonyl (C=O) groups excluding carboxylic acids is 2. The van der Waals surface area contributed by atoms with Gasteiger partial charge in [0.1, 0.15) is 11.5 Å². The molecule has 0 heterocycles. The van der Waals surface area contributed by atoms with E-state index < -0.39 is 10.8 Å². The predicted molar refractivity (Wildman–Crippen MR) is 213 cm³/mol. The smallest absolute Gasteiger partial charge is 0.316 e. The highest BCUT2D eigenvalue weighted by molar-refractivity contribution is 5.78. The van der Waals surface area contributed by atoms with Gasteiger partial charge in [-0.1, -0.05) is 87.4 Å². The predicted octanol–water partition coefficient (Wildman–Crippen LogP) is 11.7. The summed E-state index contributed by atoms with van der Waals surface area (Å²) in [6.45, 7) is 15.8. The van der Waals surface area contributed by atoms with Gasteiger partial charge in [-0.25, -0.2) is 0 Å². The summed E-state index contributed by atoms with van der Waals surface area (Å²) in [6, 6.07) is 30.1. The number of aryl methyl sites for hydroxylation is 4. The van der Waals surface area contributed by atoms with Gasteiger partial charge in [-0.2, -0.15) is 0 Å². The van der Waals surface area contributed by atoms with Crippen molar-refractivity contribution in [2.75, 3.05) is 0 Å². The van der Waals surface area contributed by atoms with E-state index in [4.69, 9.17) is 9.47 Å². The molecule has 0 N–H and O–H groups in total. The number of carbonyl (C=O) groups is 2. The van der Waals surface area contributed by atoms with Crippen LogP contribution >= 0.6 is 0 Å². The van der Waals surface area contributed by atoms with Crippen LogP contribution in [0.2, 0.25) is 0 Å². The van der Waals surface area contributed by atoms with Gasteiger partial charge in [0.05, 0.1) is 10.8 Å². The van der Waals surface area contributed by atoms with Crippen molar-refractivity contribution in [2.45, 2.75) is 131 Å². The van der Waals surface area contributed by atoms with Gasteiger partial charge in [0.25, 0.3) is 0 Å². The molecule has 4 aromatic carbocycles. The van der Waals surface area contributed by atoms with Gasteiger partial charge >= 0.3 is 11.9 Å². The maximum absolute atomic E-state index is 12.1. The van der Waals surface area contributed by atoms with Crippen LogP contribution in [0.25, 0.3) is 0 Å². The van der Waals surface area contributed by atoms with Crippen molar-refractivity contribution in [2.24, 2.45) is 10.8 Å². The summed E-state index contributed by atoms with van der Waals surface area (Å²) in [4.78, 5) is 24.2. The minimum absolute atomic E-state index is 0.181. The van der Waals surface area contributed by atoms with Crippen LogP contribution in [0.15, 0.2) is 84.9 Å². The highest BCUT2D eigenvalue weighted by atomic mass is 16.5. The summed E-state index contributed by atoms with van der Waals surface area (Å²) in [5.41, 5.74) is 10.5. The van der Waals surface area contributed by atoms with Crippen LogP contribution in [0.1, 0.15) is 137 Å². The van der Waals surface area contributed by atoms with Gasteiger partial charge in [-0.15, -0.1) is 0 Å². The molecule has 0 saturated carbocycles. The maximum Gasteiger partial charge on any atom is 0.316 e. The number of ether oxygens (including phenoxy) is 2. The molecule has 0 aliphatic heterocycles. The van der Waals surface area contributed by atoms with E-state index in [1.807, 2.05) is 53.7 Å². The van der Waals surface area contributed by atoms with Crippen molar-refractivity contribution in [3.8, 4) is 11.5 Å². The topological polar surface area (TPSA) is 52.6 Å². The van der Waals surface area contributed by atoms with E-state index in [0.717, 1.165) is 51.4 Å². The highest BCUT2D eigenvalue weighted by Crippen LogP contribution is 2.38. The molecule has 0 unspecified atom stereocenters. The molecular formula is C48H60O4. The van der Waals surface area contributed by atoms with Crippen LogP contribution in [0, 0.1) is 10.8 Å². The molecule has 2 atom stereocenters. The SMILES string of the molecule is CCCc1ccccc1[C@@H]1CCc2cc(OC(=O)C(C)(C)C)ccc2C1.CCCc1ccccc1[C@H]1CCc2cc(OC(=O)C(C)(C)C)ccc2C1. The maximum atomic E-state index is 12.1. The van der Waals surface area contributed by atoms with Gasteiger partial charge in [-0.3, -0.25) is 9.59 Å². The van der Waals surface area contributed by atoms with Crippen LogP contribution in [0.3, 0.4) is 0 Å². The minimum atomic E-state index is -0.482. The largest absolute Gasteiger partial charge is 0.426 e. The van der Waals surface area contributed by atoms with Gasteiger partial charge in [0.15, 0.2) is 0 Å². The second-order valence-electron chi connectivity index (χ2n) is 16.9. The van der Waals surface area contributed by atoms with E-state index in [1.165, 1.54) is 57.3 Å². The molecule has 2 aliphatic rings. The Morgan fingerprint density at radius 1 is 0.558 bits per heavy atom. The molecule has 0 spiro atoms. The zero-order valence-corrected chi connectivity index (χ0v) is 32.9. The minimum Gasteiger partial charge on any atom is -0.426 e. The van der Waals surface area contributed by atoms with Crippen LogP contribution in [0.5, 0.6) is 11.5 Å². The van der Waals surface area contributed by atoms with Gasteiger partial charge in [-0.05, 0) is 174 Å². The average molecular weight is 701 g/mol. The second kappa shape index (κ2) is 17.1. The number of hydrogen-bond acceptors (Lipinski definition) is 4. The number of rotatable bonds is 8. The number of benzene rings is 4. The molecule has 0 fully saturated rings. The lowest BCUT2D eigenvalue weighted by molar-refractivity contribution is -0.143. The van der Waals surface area contributed by atoms with Crippen molar-refractivity contribution >= 4 is 11.9 Å². The Hall–Kier alpha value is -4.18. The third-order valence-electron chi connectivity index (χ3n) is 10.5. The first-order chi connectivity index (χ1) is 24.8. The molecule has 276 valence electrons. The Morgan fingerprint density at radius 2 is 0.942 bits per heavy atom. The third-order valence-corrected chi connectivity index (χ3v) is 10.5. The van der Waals surface area contributed by atoms with Crippen molar-refractivity contribution in [1.29, 1.82) is 0 Å². The average Bonchev–Trinajstić information content (AvgIpc) is 3.11. The molecule has 0 amide bonds. The fraction of sp³-hybridized carbons (Fsp3) is 0.458. The van der Waals surface area contributed by atoms with E-state index in [2.05, 4.69) is 86.6 Å². The first kappa shape index (κ1) is 39.0. The molecule has 52 heavy (non-hydrogen) atoms. The summed E-state index contributed by atoms with van der Waals surface area (Å²) in [6.07, 6.45) is 11.2. The van der Waals surface area contributed by atoms with Crippen molar-refractivity contribution in [3.63, 3.8) is 0 Å². The van der Waals surface area contributed by atoms with Crippen molar-refractivity contribution in [1.82, 2.24) is 0 Å². The molecule has 4 nitrogen and oxygen atoms in total. The van der Waals surface area contributed by atoms with Crippen LogP contribution in [-0.4, -0.2) is 11.9 Å². The lowest BCUT2D eigenvalue weighted by Crippen LogP contribution is -2.25. The highest BCUT2D eigenvalue weighted by Gasteiger charge is 2.27. The van der Waals surface area contributed by atoms with E-state index >= 15 is 0 Å². The summed E-state index contributed by atoms with van der Waals surface area (Å²) >= 11 is 0. The molecule has 0 radical (unpaired) electrons. The lowest BCUT2D eigenvalue weighted by Gasteiger charge is -2.27. The molecule has 2 aliphatic carbocycles. The fourth-order valence-electron chi connectivity index (χ4n) is 7.50. The normalized spacial score (nSPS) is 16.8. The molecule has 4 heteroatoms. The second-order valence-corrected chi connectivity index (χ2v) is 16.9. The van der Waals surface area contributed by atoms with E-state index in [1.54, 1.807) is 0 Å². The lowest BCUT2D eigenvalue weighted by atomic mass is 9.78. The zero-order valence-electron chi connectivity index (χ0n) is 32.9. The molecule has 0 bridgehead atoms. The van der Waals surface area contributed by atoms with Crippen molar-refractivity contribution < 1.29 is 19.1 Å². The van der Waals surface area contributed by atoms with E-state index in [0.29, 0.717) is 23.3 Å². The number of hydrogen-bond donors (Lipinski definition) is 0. The Bertz CT molecular complexity index is 1700. The summed E-state index contributed by atoms with van der Waals surface area (Å²) < 4.78 is 11.1. The molecule has 6 rings (SSSR count). The first-order valence-corrected chi connectivity index (χ1v) is 19.6. The summed E-state index contributed by atoms with van der Waals surface area (Å²) in [5, 5.41) is 0. The monoisotopic (exact) mass is 700 g/mol. The molecule has 0 aromatic heterocycles. The summed E-state index contributed by atoms with van der Waals surface area (Å²) in [7, 11) is 0. The Morgan fingerprint density at radius 3 is 1.31 bits per heavy atom. The Balaban J connectivity index is 0.000000201. The van der Waals surface area contributed by atoms with Crippen LogP contribution in [-0.2, 0) is 48.1 Å². The summed E-state index contributed by atoms with van der Waals surface area (Å²) in [5.74, 6) is 2.17. The fourth-order valence-corrected chi connectivity index (χ4v) is 7.50. The first-order valence-electron chi connectivity index (χ1n) is 19.6. The van der Waals surface area contributed by atoms with Gasteiger partial charge < -0.3 is 9.47 Å². The van der Waals surface area contributed by atoms with Crippen LogP contribution in [0.4, 0.5) is 0 Å². The van der Waals surface area contributed by atoms with Gasteiger partial charge in [0, 0.05) is 0 Å². The van der Waals surface area contributed by atoms with E-state index in [9.17, 15) is 9.59 Å².